The van der Waals surface area contributed by atoms with Crippen LogP contribution in [0.2, 0.25) is 0 Å². The zero-order chi connectivity index (χ0) is 14.8. The van der Waals surface area contributed by atoms with Gasteiger partial charge in [0, 0.05) is 19.3 Å². The smallest absolute Gasteiger partial charge is 0.351 e. The van der Waals surface area contributed by atoms with Crippen LogP contribution in [0.1, 0.15) is 6.23 Å². The van der Waals surface area contributed by atoms with Gasteiger partial charge in [-0.1, -0.05) is 0 Å². The number of nitrogens with two attached hydrogens (primary N) is 1. The Morgan fingerprint density at radius 3 is 3.15 bits per heavy atom. The summed E-state index contributed by atoms with van der Waals surface area (Å²) in [6, 6.07) is 1.52. The summed E-state index contributed by atoms with van der Waals surface area (Å²) in [5, 5.41) is 0. The normalized spacial score (nSPS) is 25.5. The van der Waals surface area contributed by atoms with Crippen molar-refractivity contribution < 1.29 is 18.9 Å². The molecule has 112 valence electrons. The van der Waals surface area contributed by atoms with Gasteiger partial charge in [0.05, 0.1) is 13.0 Å². The Hall–Kier alpha value is -0.860. The minimum absolute atomic E-state index is 0.151. The number of ether oxygens (including phenoxy) is 2. The number of rotatable bonds is 5. The number of nitrogen functional groups attached to an aromatic ring is 1. The fourth-order valence-electron chi connectivity index (χ4n) is 1.64. The topological polar surface area (TPSA) is 120 Å². The first-order valence-corrected chi connectivity index (χ1v) is 9.13. The van der Waals surface area contributed by atoms with E-state index in [9.17, 15) is 14.3 Å². The van der Waals surface area contributed by atoms with Crippen LogP contribution < -0.4 is 16.3 Å². The first-order valence-electron chi connectivity index (χ1n) is 5.82. The van der Waals surface area contributed by atoms with Crippen molar-refractivity contribution in [3.63, 3.8) is 0 Å². The maximum Gasteiger partial charge on any atom is 0.351 e. The summed E-state index contributed by atoms with van der Waals surface area (Å²) >= 11 is 1.45. The molecule has 3 atom stereocenters. The summed E-state index contributed by atoms with van der Waals surface area (Å²) in [5.41, 5.74) is 4.63. The third-order valence-electron chi connectivity index (χ3n) is 2.48. The van der Waals surface area contributed by atoms with Crippen LogP contribution in [-0.2, 0) is 14.0 Å². The van der Waals surface area contributed by atoms with Crippen molar-refractivity contribution in [3.05, 3.63) is 22.7 Å². The van der Waals surface area contributed by atoms with E-state index >= 15 is 0 Å². The highest BCUT2D eigenvalue weighted by Gasteiger charge is 2.28. The molecule has 2 heterocycles. The second-order valence-corrected chi connectivity index (χ2v) is 7.89. The highest BCUT2D eigenvalue weighted by Crippen LogP contribution is 2.33. The predicted molar refractivity (Wildman–Crippen MR) is 73.6 cm³/mol. The van der Waals surface area contributed by atoms with E-state index in [0.29, 0.717) is 5.75 Å². The first-order chi connectivity index (χ1) is 9.35. The monoisotopic (exact) mass is 320 g/mol. The molecule has 0 aliphatic carbocycles. The van der Waals surface area contributed by atoms with Gasteiger partial charge < -0.3 is 24.7 Å². The highest BCUT2D eigenvalue weighted by atomic mass is 32.2. The SMILES string of the molecule is CP(=O)([O-])COC[C@H]1O[C@@H](n2ccc(N)nc2=O)CS1. The van der Waals surface area contributed by atoms with Crippen LogP contribution in [0.15, 0.2) is 17.1 Å². The molecule has 1 aliphatic rings. The summed E-state index contributed by atoms with van der Waals surface area (Å²) in [4.78, 5) is 26.2. The molecule has 10 heteroatoms. The van der Waals surface area contributed by atoms with E-state index < -0.39 is 19.3 Å². The molecule has 2 N–H and O–H groups in total. The molecule has 0 spiro atoms. The molecular formula is C10H15N3O5PS-. The molecule has 0 saturated carbocycles. The maximum absolute atomic E-state index is 11.7. The highest BCUT2D eigenvalue weighted by molar-refractivity contribution is 8.00. The third-order valence-corrected chi connectivity index (χ3v) is 4.22. The minimum Gasteiger partial charge on any atom is -0.798 e. The van der Waals surface area contributed by atoms with Crippen molar-refractivity contribution in [2.24, 2.45) is 0 Å². The largest absolute Gasteiger partial charge is 0.798 e. The van der Waals surface area contributed by atoms with Gasteiger partial charge in [-0.15, -0.1) is 11.8 Å². The molecule has 0 bridgehead atoms. The van der Waals surface area contributed by atoms with E-state index in [0.717, 1.165) is 6.66 Å². The molecule has 0 amide bonds. The van der Waals surface area contributed by atoms with E-state index in [1.807, 2.05) is 0 Å². The van der Waals surface area contributed by atoms with Crippen molar-refractivity contribution >= 4 is 24.9 Å². The summed E-state index contributed by atoms with van der Waals surface area (Å²) in [7, 11) is -3.43. The van der Waals surface area contributed by atoms with Gasteiger partial charge in [0.25, 0.3) is 0 Å². The molecular weight excluding hydrogens is 305 g/mol. The zero-order valence-electron chi connectivity index (χ0n) is 10.8. The summed E-state index contributed by atoms with van der Waals surface area (Å²) in [6.07, 6.45) is 0.758. The van der Waals surface area contributed by atoms with Crippen LogP contribution in [0.25, 0.3) is 0 Å². The van der Waals surface area contributed by atoms with Crippen molar-refractivity contribution in [1.29, 1.82) is 0 Å². The van der Waals surface area contributed by atoms with Gasteiger partial charge in [0.2, 0.25) is 0 Å². The molecule has 2 rings (SSSR count). The first kappa shape index (κ1) is 15.5. The molecule has 1 aromatic heterocycles. The van der Waals surface area contributed by atoms with E-state index in [1.165, 1.54) is 28.6 Å². The van der Waals surface area contributed by atoms with Crippen molar-refractivity contribution in [1.82, 2.24) is 9.55 Å². The van der Waals surface area contributed by atoms with Crippen molar-refractivity contribution in [2.75, 3.05) is 31.1 Å². The lowest BCUT2D eigenvalue weighted by Crippen LogP contribution is -2.28. The van der Waals surface area contributed by atoms with Gasteiger partial charge in [-0.25, -0.2) is 4.79 Å². The standard InChI is InChI=1S/C10H16N3O5PS/c1-19(15,16)6-17-4-9-18-8(5-20-9)13-3-2-7(11)12-10(13)14/h2-3,8-9H,4-6H2,1H3,(H,15,16)(H2,11,12,14)/p-1/t8-,9+/m1/s1. The van der Waals surface area contributed by atoms with Crippen molar-refractivity contribution in [3.8, 4) is 0 Å². The number of thioether (sulfide) groups is 1. The van der Waals surface area contributed by atoms with Crippen LogP contribution >= 0.6 is 19.1 Å². The fraction of sp³-hybridized carbons (Fsp3) is 0.600. The quantitative estimate of drug-likeness (QED) is 0.731. The van der Waals surface area contributed by atoms with Crippen LogP contribution in [0.3, 0.4) is 0 Å². The number of hydrogen-bond donors (Lipinski definition) is 1. The Balaban J connectivity index is 1.89. The summed E-state index contributed by atoms with van der Waals surface area (Å²) in [6.45, 7) is 1.27. The maximum atomic E-state index is 11.7. The molecule has 1 fully saturated rings. The van der Waals surface area contributed by atoms with Crippen LogP contribution in [0.5, 0.6) is 0 Å². The number of nitrogens with zero attached hydrogens (tertiary/aromatic N) is 2. The van der Waals surface area contributed by atoms with Gasteiger partial charge >= 0.3 is 5.69 Å². The van der Waals surface area contributed by atoms with E-state index in [-0.39, 0.29) is 24.2 Å². The van der Waals surface area contributed by atoms with Gasteiger partial charge in [0.15, 0.2) is 0 Å². The van der Waals surface area contributed by atoms with Gasteiger partial charge in [-0.3, -0.25) is 4.57 Å². The fourth-order valence-corrected chi connectivity index (χ4v) is 3.09. The van der Waals surface area contributed by atoms with E-state index in [1.54, 1.807) is 0 Å². The van der Waals surface area contributed by atoms with Crippen LogP contribution in [0.4, 0.5) is 5.82 Å². The minimum atomic E-state index is -3.43. The lowest BCUT2D eigenvalue weighted by Gasteiger charge is -2.19. The number of anilines is 1. The molecule has 0 aromatic carbocycles. The molecule has 1 aliphatic heterocycles. The molecule has 1 unspecified atom stereocenters. The van der Waals surface area contributed by atoms with Gasteiger partial charge in [-0.05, 0) is 12.7 Å². The van der Waals surface area contributed by atoms with Crippen molar-refractivity contribution in [2.45, 2.75) is 11.7 Å². The van der Waals surface area contributed by atoms with Crippen LogP contribution in [-0.4, -0.2) is 40.4 Å². The molecule has 1 saturated heterocycles. The molecule has 20 heavy (non-hydrogen) atoms. The average molecular weight is 320 g/mol. The molecule has 1 aromatic rings. The zero-order valence-corrected chi connectivity index (χ0v) is 12.5. The van der Waals surface area contributed by atoms with Crippen LogP contribution in [0, 0.1) is 0 Å². The third kappa shape index (κ3) is 4.32. The second-order valence-electron chi connectivity index (χ2n) is 4.41. The van der Waals surface area contributed by atoms with E-state index in [4.69, 9.17) is 15.2 Å². The Morgan fingerprint density at radius 1 is 1.75 bits per heavy atom. The lowest BCUT2D eigenvalue weighted by atomic mass is 10.5. The summed E-state index contributed by atoms with van der Waals surface area (Å²) < 4.78 is 23.0. The van der Waals surface area contributed by atoms with Gasteiger partial charge in [0.1, 0.15) is 17.5 Å². The number of aromatic nitrogens is 2. The van der Waals surface area contributed by atoms with E-state index in [2.05, 4.69) is 4.98 Å². The van der Waals surface area contributed by atoms with Gasteiger partial charge in [-0.2, -0.15) is 4.98 Å². The Kier molecular flexibility index (Phi) is 4.87. The Labute approximate surface area is 119 Å². The number of hydrogen-bond acceptors (Lipinski definition) is 8. The Morgan fingerprint density at radius 2 is 2.50 bits per heavy atom. The predicted octanol–water partition coefficient (Wildman–Crippen LogP) is -0.344. The summed E-state index contributed by atoms with van der Waals surface area (Å²) in [5.74, 6) is 0.715. The lowest BCUT2D eigenvalue weighted by molar-refractivity contribution is -0.178. The average Bonchev–Trinajstić information content (AvgIpc) is 2.75. The second kappa shape index (κ2) is 6.28. The Bertz CT molecular complexity index is 574. The molecule has 0 radical (unpaired) electrons. The molecule has 8 nitrogen and oxygen atoms in total.